The number of nitrogens with one attached hydrogen (secondary N) is 1. The highest BCUT2D eigenvalue weighted by molar-refractivity contribution is 6.36. The average Bonchev–Trinajstić information content (AvgIpc) is 3.11. The van der Waals surface area contributed by atoms with Crippen molar-refractivity contribution in [3.63, 3.8) is 0 Å². The van der Waals surface area contributed by atoms with Crippen LogP contribution in [0.5, 0.6) is 11.5 Å². The van der Waals surface area contributed by atoms with Gasteiger partial charge < -0.3 is 13.9 Å². The van der Waals surface area contributed by atoms with Crippen molar-refractivity contribution in [2.45, 2.75) is 0 Å². The molecule has 3 rings (SSSR count). The molecule has 0 spiro atoms. The first-order valence-electron chi connectivity index (χ1n) is 7.34. The van der Waals surface area contributed by atoms with E-state index < -0.39 is 5.91 Å². The lowest BCUT2D eigenvalue weighted by atomic mass is 10.2. The highest BCUT2D eigenvalue weighted by Gasteiger charge is 2.18. The molecule has 1 heterocycles. The van der Waals surface area contributed by atoms with Gasteiger partial charge in [-0.2, -0.15) is 0 Å². The van der Waals surface area contributed by atoms with Gasteiger partial charge in [-0.3, -0.25) is 10.1 Å². The van der Waals surface area contributed by atoms with E-state index >= 15 is 0 Å². The van der Waals surface area contributed by atoms with E-state index in [1.165, 1.54) is 19.2 Å². The molecule has 1 aromatic heterocycles. The Balaban J connectivity index is 1.87. The molecule has 0 unspecified atom stereocenters. The largest absolute Gasteiger partial charge is 0.497 e. The summed E-state index contributed by atoms with van der Waals surface area (Å²) in [7, 11) is 3.06. The SMILES string of the molecule is COc1ccc(OC)c(-c2nnc(NC(=O)c3cc(Cl)ccc3Cl)o2)c1. The zero-order valence-electron chi connectivity index (χ0n) is 13.7. The van der Waals surface area contributed by atoms with Crippen LogP contribution in [-0.4, -0.2) is 30.3 Å². The Morgan fingerprint density at radius 2 is 1.88 bits per heavy atom. The summed E-state index contributed by atoms with van der Waals surface area (Å²) in [6.45, 7) is 0. The molecule has 0 bridgehead atoms. The molecule has 0 saturated carbocycles. The topological polar surface area (TPSA) is 86.5 Å². The monoisotopic (exact) mass is 393 g/mol. The summed E-state index contributed by atoms with van der Waals surface area (Å²) >= 11 is 11.9. The summed E-state index contributed by atoms with van der Waals surface area (Å²) in [6.07, 6.45) is 0. The van der Waals surface area contributed by atoms with E-state index in [1.54, 1.807) is 31.4 Å². The Morgan fingerprint density at radius 3 is 2.62 bits per heavy atom. The third-order valence-corrected chi connectivity index (χ3v) is 4.02. The third kappa shape index (κ3) is 3.74. The van der Waals surface area contributed by atoms with E-state index in [2.05, 4.69) is 15.5 Å². The Morgan fingerprint density at radius 1 is 1.08 bits per heavy atom. The highest BCUT2D eigenvalue weighted by Crippen LogP contribution is 2.33. The minimum atomic E-state index is -0.523. The van der Waals surface area contributed by atoms with Gasteiger partial charge in [-0.25, -0.2) is 0 Å². The number of amides is 1. The van der Waals surface area contributed by atoms with Crippen LogP contribution in [-0.2, 0) is 0 Å². The Kier molecular flexibility index (Phi) is 5.29. The van der Waals surface area contributed by atoms with Gasteiger partial charge in [0.25, 0.3) is 11.8 Å². The highest BCUT2D eigenvalue weighted by atomic mass is 35.5. The van der Waals surface area contributed by atoms with Crippen molar-refractivity contribution in [3.05, 3.63) is 52.0 Å². The Bertz CT molecular complexity index is 959. The van der Waals surface area contributed by atoms with Gasteiger partial charge in [0.15, 0.2) is 0 Å². The van der Waals surface area contributed by atoms with Crippen molar-refractivity contribution in [1.82, 2.24) is 10.2 Å². The summed E-state index contributed by atoms with van der Waals surface area (Å²) in [5.41, 5.74) is 0.721. The molecule has 3 aromatic rings. The summed E-state index contributed by atoms with van der Waals surface area (Å²) in [5.74, 6) is 0.749. The van der Waals surface area contributed by atoms with Crippen LogP contribution in [0.4, 0.5) is 6.01 Å². The van der Waals surface area contributed by atoms with Gasteiger partial charge in [0, 0.05) is 5.02 Å². The minimum Gasteiger partial charge on any atom is -0.497 e. The van der Waals surface area contributed by atoms with Crippen molar-refractivity contribution >= 4 is 35.1 Å². The van der Waals surface area contributed by atoms with Crippen LogP contribution in [0.15, 0.2) is 40.8 Å². The van der Waals surface area contributed by atoms with Gasteiger partial charge in [-0.1, -0.05) is 28.3 Å². The van der Waals surface area contributed by atoms with Crippen molar-refractivity contribution in [2.24, 2.45) is 0 Å². The van der Waals surface area contributed by atoms with Gasteiger partial charge >= 0.3 is 6.01 Å². The molecule has 0 atom stereocenters. The lowest BCUT2D eigenvalue weighted by molar-refractivity contribution is 0.102. The van der Waals surface area contributed by atoms with Crippen LogP contribution in [0, 0.1) is 0 Å². The fourth-order valence-corrected chi connectivity index (χ4v) is 2.58. The Labute approximate surface area is 158 Å². The number of hydrogen-bond donors (Lipinski definition) is 1. The van der Waals surface area contributed by atoms with Crippen molar-refractivity contribution in [3.8, 4) is 23.0 Å². The smallest absolute Gasteiger partial charge is 0.322 e. The third-order valence-electron chi connectivity index (χ3n) is 3.46. The molecule has 0 aliphatic carbocycles. The molecule has 1 N–H and O–H groups in total. The second kappa shape index (κ2) is 7.63. The first-order chi connectivity index (χ1) is 12.5. The van der Waals surface area contributed by atoms with E-state index in [1.807, 2.05) is 0 Å². The summed E-state index contributed by atoms with van der Waals surface area (Å²) < 4.78 is 16.0. The molecule has 7 nitrogen and oxygen atoms in total. The molecular weight excluding hydrogens is 381 g/mol. The second-order valence-corrected chi connectivity index (χ2v) is 5.90. The molecule has 0 saturated heterocycles. The normalized spacial score (nSPS) is 10.5. The standard InChI is InChI=1S/C17H13Cl2N3O4/c1-24-10-4-6-14(25-2)12(8-10)16-21-22-17(26-16)20-15(23)11-7-9(18)3-5-13(11)19/h3-8H,1-2H3,(H,20,22,23). The number of anilines is 1. The first kappa shape index (κ1) is 18.0. The lowest BCUT2D eigenvalue weighted by Crippen LogP contribution is -2.12. The fraction of sp³-hybridized carbons (Fsp3) is 0.118. The number of nitrogens with zero attached hydrogens (tertiary/aromatic N) is 2. The Hall–Kier alpha value is -2.77. The maximum atomic E-state index is 12.3. The molecule has 9 heteroatoms. The lowest BCUT2D eigenvalue weighted by Gasteiger charge is -2.07. The molecular formula is C17H13Cl2N3O4. The van der Waals surface area contributed by atoms with E-state index in [4.69, 9.17) is 37.1 Å². The van der Waals surface area contributed by atoms with Gasteiger partial charge in [-0.15, -0.1) is 5.10 Å². The number of methoxy groups -OCH3 is 2. The predicted octanol–water partition coefficient (Wildman–Crippen LogP) is 4.31. The summed E-state index contributed by atoms with van der Waals surface area (Å²) in [6, 6.07) is 9.60. The van der Waals surface area contributed by atoms with Crippen LogP contribution < -0.4 is 14.8 Å². The zero-order chi connectivity index (χ0) is 18.7. The molecule has 0 fully saturated rings. The molecule has 0 radical (unpaired) electrons. The van der Waals surface area contributed by atoms with Crippen molar-refractivity contribution in [1.29, 1.82) is 0 Å². The summed E-state index contributed by atoms with van der Waals surface area (Å²) in [4.78, 5) is 12.3. The molecule has 1 amide bonds. The van der Waals surface area contributed by atoms with E-state index in [0.717, 1.165) is 0 Å². The number of carbonyl (C=O) groups excluding carboxylic acids is 1. The van der Waals surface area contributed by atoms with Gasteiger partial charge in [0.2, 0.25) is 0 Å². The molecule has 134 valence electrons. The maximum Gasteiger partial charge on any atom is 0.322 e. The first-order valence-corrected chi connectivity index (χ1v) is 8.09. The number of aromatic nitrogens is 2. The number of ether oxygens (including phenoxy) is 2. The van der Waals surface area contributed by atoms with Crippen LogP contribution in [0.25, 0.3) is 11.5 Å². The van der Waals surface area contributed by atoms with E-state index in [-0.39, 0.29) is 22.5 Å². The van der Waals surface area contributed by atoms with Gasteiger partial charge in [0.05, 0.1) is 30.4 Å². The maximum absolute atomic E-state index is 12.3. The van der Waals surface area contributed by atoms with E-state index in [9.17, 15) is 4.79 Å². The van der Waals surface area contributed by atoms with Crippen LogP contribution in [0.1, 0.15) is 10.4 Å². The number of carbonyl (C=O) groups is 1. The summed E-state index contributed by atoms with van der Waals surface area (Å²) in [5, 5.41) is 10.9. The fourth-order valence-electron chi connectivity index (χ4n) is 2.20. The van der Waals surface area contributed by atoms with Crippen LogP contribution in [0.3, 0.4) is 0 Å². The quantitative estimate of drug-likeness (QED) is 0.694. The van der Waals surface area contributed by atoms with Crippen LogP contribution in [0.2, 0.25) is 10.0 Å². The van der Waals surface area contributed by atoms with Crippen molar-refractivity contribution < 1.29 is 18.7 Å². The molecule has 0 aliphatic heterocycles. The molecule has 26 heavy (non-hydrogen) atoms. The molecule has 2 aromatic carbocycles. The molecule has 0 aliphatic rings. The van der Waals surface area contributed by atoms with Crippen LogP contribution >= 0.6 is 23.2 Å². The average molecular weight is 394 g/mol. The van der Waals surface area contributed by atoms with Gasteiger partial charge in [0.1, 0.15) is 11.5 Å². The second-order valence-electron chi connectivity index (χ2n) is 5.06. The number of rotatable bonds is 5. The number of hydrogen-bond acceptors (Lipinski definition) is 6. The zero-order valence-corrected chi connectivity index (χ0v) is 15.3. The van der Waals surface area contributed by atoms with Gasteiger partial charge in [-0.05, 0) is 36.4 Å². The minimum absolute atomic E-state index is 0.0917. The predicted molar refractivity (Wildman–Crippen MR) is 97.3 cm³/mol. The van der Waals surface area contributed by atoms with E-state index in [0.29, 0.717) is 22.1 Å². The number of halogens is 2. The van der Waals surface area contributed by atoms with Crippen molar-refractivity contribution in [2.75, 3.05) is 19.5 Å². The number of benzene rings is 2.